The predicted octanol–water partition coefficient (Wildman–Crippen LogP) is 2.62. The van der Waals surface area contributed by atoms with Crippen LogP contribution in [0.5, 0.6) is 0 Å². The molecule has 0 aromatic carbocycles. The summed E-state index contributed by atoms with van der Waals surface area (Å²) < 4.78 is 0.792. The first kappa shape index (κ1) is 11.6. The van der Waals surface area contributed by atoms with Crippen molar-refractivity contribution in [1.82, 2.24) is 4.98 Å². The number of hydrogen-bond acceptors (Lipinski definition) is 4. The molecule has 0 aliphatic rings. The highest BCUT2D eigenvalue weighted by atomic mass is 79.9. The highest BCUT2D eigenvalue weighted by Gasteiger charge is 2.11. The Morgan fingerprint density at radius 1 is 1.73 bits per heavy atom. The van der Waals surface area contributed by atoms with E-state index in [-0.39, 0.29) is 5.69 Å². The van der Waals surface area contributed by atoms with E-state index in [0.29, 0.717) is 18.1 Å². The molecule has 0 saturated heterocycles. The van der Waals surface area contributed by atoms with Crippen LogP contribution >= 0.6 is 15.9 Å². The lowest BCUT2D eigenvalue weighted by molar-refractivity contribution is -0.385. The van der Waals surface area contributed by atoms with Crippen LogP contribution in [0, 0.1) is 17.0 Å². The fourth-order valence-corrected chi connectivity index (χ4v) is 1.17. The molecule has 0 unspecified atom stereocenters. The maximum absolute atomic E-state index is 10.5. The van der Waals surface area contributed by atoms with E-state index in [9.17, 15) is 10.1 Å². The van der Waals surface area contributed by atoms with E-state index in [1.807, 2.05) is 0 Å². The van der Waals surface area contributed by atoms with Gasteiger partial charge in [0.15, 0.2) is 0 Å². The molecule has 0 radical (unpaired) electrons. The number of nitro groups is 1. The molecule has 0 spiro atoms. The topological polar surface area (TPSA) is 68.1 Å². The van der Waals surface area contributed by atoms with E-state index in [1.54, 1.807) is 13.0 Å². The van der Waals surface area contributed by atoms with Gasteiger partial charge in [0.1, 0.15) is 11.5 Å². The van der Waals surface area contributed by atoms with Crippen molar-refractivity contribution >= 4 is 27.4 Å². The molecule has 0 fully saturated rings. The Hall–Kier alpha value is -1.43. The van der Waals surface area contributed by atoms with Crippen molar-refractivity contribution < 1.29 is 4.92 Å². The van der Waals surface area contributed by atoms with E-state index in [2.05, 4.69) is 32.8 Å². The van der Waals surface area contributed by atoms with E-state index in [1.165, 1.54) is 6.07 Å². The Kier molecular flexibility index (Phi) is 3.79. The van der Waals surface area contributed by atoms with Crippen molar-refractivity contribution in [3.05, 3.63) is 39.0 Å². The highest BCUT2D eigenvalue weighted by molar-refractivity contribution is 9.11. The number of aromatic nitrogens is 1. The molecule has 0 aliphatic carbocycles. The van der Waals surface area contributed by atoms with Gasteiger partial charge in [-0.1, -0.05) is 22.5 Å². The molecule has 15 heavy (non-hydrogen) atoms. The molecule has 6 heteroatoms. The van der Waals surface area contributed by atoms with Crippen molar-refractivity contribution in [3.63, 3.8) is 0 Å². The SMILES string of the molecule is C=C(Br)CNc1ccc([N+](=O)[O-])c(C)n1. The molecular formula is C9H10BrN3O2. The average molecular weight is 272 g/mol. The smallest absolute Gasteiger partial charge is 0.290 e. The summed E-state index contributed by atoms with van der Waals surface area (Å²) in [7, 11) is 0. The summed E-state index contributed by atoms with van der Waals surface area (Å²) in [6, 6.07) is 3.00. The minimum Gasteiger partial charge on any atom is -0.365 e. The van der Waals surface area contributed by atoms with Gasteiger partial charge in [-0.3, -0.25) is 10.1 Å². The molecule has 0 aliphatic heterocycles. The van der Waals surface area contributed by atoms with Crippen LogP contribution in [0.4, 0.5) is 11.5 Å². The first-order valence-electron chi connectivity index (χ1n) is 4.20. The Labute approximate surface area is 95.5 Å². The van der Waals surface area contributed by atoms with Gasteiger partial charge in [-0.25, -0.2) is 4.98 Å². The average Bonchev–Trinajstić information content (AvgIpc) is 2.14. The predicted molar refractivity (Wildman–Crippen MR) is 62.2 cm³/mol. The Morgan fingerprint density at radius 2 is 2.40 bits per heavy atom. The number of hydrogen-bond donors (Lipinski definition) is 1. The third-order valence-corrected chi connectivity index (χ3v) is 2.00. The molecule has 1 aromatic rings. The van der Waals surface area contributed by atoms with Crippen LogP contribution in [-0.2, 0) is 0 Å². The number of anilines is 1. The van der Waals surface area contributed by atoms with Crippen LogP contribution in [0.25, 0.3) is 0 Å². The van der Waals surface area contributed by atoms with Crippen molar-refractivity contribution in [2.45, 2.75) is 6.92 Å². The van der Waals surface area contributed by atoms with E-state index in [4.69, 9.17) is 0 Å². The summed E-state index contributed by atoms with van der Waals surface area (Å²) in [5.41, 5.74) is 0.420. The third-order valence-electron chi connectivity index (χ3n) is 1.72. The van der Waals surface area contributed by atoms with Crippen molar-refractivity contribution in [3.8, 4) is 0 Å². The first-order chi connectivity index (χ1) is 7.00. The molecule has 0 atom stereocenters. The van der Waals surface area contributed by atoms with Gasteiger partial charge in [-0.15, -0.1) is 0 Å². The van der Waals surface area contributed by atoms with Crippen LogP contribution < -0.4 is 5.32 Å². The Bertz CT molecular complexity index is 406. The third kappa shape index (κ3) is 3.32. The number of halogens is 1. The molecule has 5 nitrogen and oxygen atoms in total. The number of nitrogens with one attached hydrogen (secondary N) is 1. The zero-order valence-electron chi connectivity index (χ0n) is 8.16. The van der Waals surface area contributed by atoms with Gasteiger partial charge < -0.3 is 5.32 Å². The summed E-state index contributed by atoms with van der Waals surface area (Å²) >= 11 is 3.20. The number of rotatable bonds is 4. The summed E-state index contributed by atoms with van der Waals surface area (Å²) in [6.45, 7) is 5.79. The van der Waals surface area contributed by atoms with Crippen LogP contribution in [0.2, 0.25) is 0 Å². The second-order valence-electron chi connectivity index (χ2n) is 2.93. The fourth-order valence-electron chi connectivity index (χ4n) is 1.03. The maximum atomic E-state index is 10.5. The summed E-state index contributed by atoms with van der Waals surface area (Å²) in [6.07, 6.45) is 0. The van der Waals surface area contributed by atoms with Gasteiger partial charge in [-0.05, 0) is 13.0 Å². The normalized spacial score (nSPS) is 9.73. The van der Waals surface area contributed by atoms with Gasteiger partial charge in [0.2, 0.25) is 0 Å². The van der Waals surface area contributed by atoms with Gasteiger partial charge in [0.25, 0.3) is 5.69 Å². The van der Waals surface area contributed by atoms with E-state index >= 15 is 0 Å². The van der Waals surface area contributed by atoms with Gasteiger partial charge >= 0.3 is 0 Å². The van der Waals surface area contributed by atoms with Gasteiger partial charge in [-0.2, -0.15) is 0 Å². The molecule has 0 bridgehead atoms. The maximum Gasteiger partial charge on any atom is 0.290 e. The zero-order chi connectivity index (χ0) is 11.4. The van der Waals surface area contributed by atoms with Crippen molar-refractivity contribution in [2.75, 3.05) is 11.9 Å². The molecular weight excluding hydrogens is 262 g/mol. The minimum absolute atomic E-state index is 0.0261. The van der Waals surface area contributed by atoms with Gasteiger partial charge in [0.05, 0.1) is 4.92 Å². The van der Waals surface area contributed by atoms with E-state index in [0.717, 1.165) is 4.48 Å². The second-order valence-corrected chi connectivity index (χ2v) is 4.05. The standard InChI is InChI=1S/C9H10BrN3O2/c1-6(10)5-11-9-4-3-8(13(14)15)7(2)12-9/h3-4H,1,5H2,2H3,(H,11,12). The second kappa shape index (κ2) is 4.88. The van der Waals surface area contributed by atoms with Crippen LogP contribution in [0.1, 0.15) is 5.69 Å². The number of pyridine rings is 1. The Morgan fingerprint density at radius 3 is 2.87 bits per heavy atom. The monoisotopic (exact) mass is 271 g/mol. The zero-order valence-corrected chi connectivity index (χ0v) is 9.74. The fraction of sp³-hybridized carbons (Fsp3) is 0.222. The van der Waals surface area contributed by atoms with Crippen molar-refractivity contribution in [2.24, 2.45) is 0 Å². The largest absolute Gasteiger partial charge is 0.365 e. The lowest BCUT2D eigenvalue weighted by Gasteiger charge is -2.04. The van der Waals surface area contributed by atoms with Crippen LogP contribution in [-0.4, -0.2) is 16.5 Å². The molecule has 80 valence electrons. The summed E-state index contributed by atoms with van der Waals surface area (Å²) in [4.78, 5) is 14.1. The summed E-state index contributed by atoms with van der Waals surface area (Å²) in [5, 5.41) is 13.5. The van der Waals surface area contributed by atoms with Crippen LogP contribution in [0.15, 0.2) is 23.2 Å². The molecule has 1 aromatic heterocycles. The quantitative estimate of drug-likeness (QED) is 0.675. The highest BCUT2D eigenvalue weighted by Crippen LogP contribution is 2.18. The lowest BCUT2D eigenvalue weighted by Crippen LogP contribution is -2.04. The lowest BCUT2D eigenvalue weighted by atomic mass is 10.3. The number of nitrogens with zero attached hydrogens (tertiary/aromatic N) is 2. The van der Waals surface area contributed by atoms with Gasteiger partial charge in [0, 0.05) is 17.1 Å². The number of aryl methyl sites for hydroxylation is 1. The minimum atomic E-state index is -0.449. The Balaban J connectivity index is 2.82. The molecule has 1 heterocycles. The molecule has 1 rings (SSSR count). The first-order valence-corrected chi connectivity index (χ1v) is 4.99. The molecule has 0 saturated carbocycles. The summed E-state index contributed by atoms with van der Waals surface area (Å²) in [5.74, 6) is 0.596. The van der Waals surface area contributed by atoms with Crippen molar-refractivity contribution in [1.29, 1.82) is 0 Å². The van der Waals surface area contributed by atoms with Crippen LogP contribution in [0.3, 0.4) is 0 Å². The molecule has 1 N–H and O–H groups in total. The molecule has 0 amide bonds. The van der Waals surface area contributed by atoms with E-state index < -0.39 is 4.92 Å².